The van der Waals surface area contributed by atoms with Gasteiger partial charge in [0.25, 0.3) is 0 Å². The molecule has 1 aromatic rings. The van der Waals surface area contributed by atoms with Crippen molar-refractivity contribution in [3.8, 4) is 0 Å². The van der Waals surface area contributed by atoms with Crippen LogP contribution in [0.15, 0.2) is 12.1 Å². The summed E-state index contributed by atoms with van der Waals surface area (Å²) in [6.07, 6.45) is 0. The Morgan fingerprint density at radius 3 is 2.27 bits per heavy atom. The molecular formula is C10H14N. The average molecular weight is 148 g/mol. The molecule has 0 saturated heterocycles. The largest absolute Gasteiger partial charge is 0.253 e. The third-order valence-corrected chi connectivity index (χ3v) is 2.36. The molecular weight excluding hydrogens is 134 g/mol. The van der Waals surface area contributed by atoms with Gasteiger partial charge in [-0.1, -0.05) is 12.1 Å². The molecule has 1 heteroatoms. The highest BCUT2D eigenvalue weighted by atomic mass is 14.5. The lowest BCUT2D eigenvalue weighted by Gasteiger charge is -2.08. The van der Waals surface area contributed by atoms with Crippen LogP contribution in [0.5, 0.6) is 0 Å². The van der Waals surface area contributed by atoms with Gasteiger partial charge in [-0.05, 0) is 43.0 Å². The van der Waals surface area contributed by atoms with Crippen LogP contribution in [0.1, 0.15) is 22.3 Å². The molecule has 59 valence electrons. The molecule has 1 radical (unpaired) electrons. The van der Waals surface area contributed by atoms with Gasteiger partial charge in [0.2, 0.25) is 0 Å². The Kier molecular flexibility index (Phi) is 2.30. The minimum atomic E-state index is 0.396. The van der Waals surface area contributed by atoms with E-state index in [1.807, 2.05) is 6.07 Å². The summed E-state index contributed by atoms with van der Waals surface area (Å²) in [7, 11) is 0. The molecule has 1 N–H and O–H groups in total. The van der Waals surface area contributed by atoms with Gasteiger partial charge < -0.3 is 0 Å². The molecule has 0 bridgehead atoms. The molecule has 0 amide bonds. The third kappa shape index (κ3) is 1.43. The van der Waals surface area contributed by atoms with Crippen molar-refractivity contribution in [3.63, 3.8) is 0 Å². The van der Waals surface area contributed by atoms with Gasteiger partial charge in [0.1, 0.15) is 0 Å². The highest BCUT2D eigenvalue weighted by Crippen LogP contribution is 2.16. The Morgan fingerprint density at radius 1 is 1.09 bits per heavy atom. The minimum Gasteiger partial charge on any atom is -0.253 e. The molecule has 0 aliphatic heterocycles. The smallest absolute Gasteiger partial charge is 0.0353 e. The number of rotatable bonds is 1. The van der Waals surface area contributed by atoms with E-state index in [9.17, 15) is 0 Å². The van der Waals surface area contributed by atoms with Crippen molar-refractivity contribution in [2.75, 3.05) is 0 Å². The fourth-order valence-corrected chi connectivity index (χ4v) is 1.20. The summed E-state index contributed by atoms with van der Waals surface area (Å²) in [5.74, 6) is 0. The predicted molar refractivity (Wildman–Crippen MR) is 47.5 cm³/mol. The topological polar surface area (TPSA) is 23.8 Å². The normalized spacial score (nSPS) is 10.2. The number of nitrogens with one attached hydrogen (secondary N) is 1. The van der Waals surface area contributed by atoms with Crippen LogP contribution in [0.3, 0.4) is 0 Å². The first-order valence-electron chi connectivity index (χ1n) is 3.87. The van der Waals surface area contributed by atoms with Gasteiger partial charge in [0, 0.05) is 6.54 Å². The minimum absolute atomic E-state index is 0.396. The molecule has 11 heavy (non-hydrogen) atoms. The third-order valence-electron chi connectivity index (χ3n) is 2.36. The molecule has 0 aromatic heterocycles. The van der Waals surface area contributed by atoms with E-state index < -0.39 is 0 Å². The van der Waals surface area contributed by atoms with Crippen LogP contribution in [-0.2, 0) is 6.54 Å². The molecule has 0 atom stereocenters. The average Bonchev–Trinajstić information content (AvgIpc) is 2.01. The zero-order valence-electron chi connectivity index (χ0n) is 7.36. The van der Waals surface area contributed by atoms with Gasteiger partial charge in [0.05, 0.1) is 0 Å². The summed E-state index contributed by atoms with van der Waals surface area (Å²) in [6.45, 7) is 6.71. The van der Waals surface area contributed by atoms with E-state index in [0.29, 0.717) is 6.54 Å². The highest BCUT2D eigenvalue weighted by Gasteiger charge is 2.00. The Labute approximate surface area is 68.2 Å². The molecule has 0 aliphatic carbocycles. The van der Waals surface area contributed by atoms with Crippen LogP contribution < -0.4 is 5.73 Å². The maximum absolute atomic E-state index is 7.25. The lowest BCUT2D eigenvalue weighted by molar-refractivity contribution is 0.999. The Balaban J connectivity index is 3.25. The zero-order valence-corrected chi connectivity index (χ0v) is 7.36. The van der Waals surface area contributed by atoms with Crippen molar-refractivity contribution in [2.24, 2.45) is 0 Å². The summed E-state index contributed by atoms with van der Waals surface area (Å²) < 4.78 is 0. The van der Waals surface area contributed by atoms with E-state index in [1.54, 1.807) is 0 Å². The van der Waals surface area contributed by atoms with Crippen molar-refractivity contribution in [1.29, 1.82) is 0 Å². The summed E-state index contributed by atoms with van der Waals surface area (Å²) in [5, 5.41) is 0. The molecule has 0 unspecified atom stereocenters. The van der Waals surface area contributed by atoms with Gasteiger partial charge in [-0.15, -0.1) is 0 Å². The van der Waals surface area contributed by atoms with E-state index >= 15 is 0 Å². The van der Waals surface area contributed by atoms with Crippen LogP contribution in [0, 0.1) is 20.8 Å². The first kappa shape index (κ1) is 8.28. The Hall–Kier alpha value is -0.820. The van der Waals surface area contributed by atoms with Crippen molar-refractivity contribution in [2.45, 2.75) is 27.3 Å². The van der Waals surface area contributed by atoms with Crippen LogP contribution in [0.4, 0.5) is 0 Å². The van der Waals surface area contributed by atoms with E-state index in [-0.39, 0.29) is 0 Å². The van der Waals surface area contributed by atoms with E-state index in [2.05, 4.69) is 26.8 Å². The summed E-state index contributed by atoms with van der Waals surface area (Å²) >= 11 is 0. The standard InChI is InChI=1S/C10H14N/c1-7-4-5-10(6-11)9(3)8(7)2/h4-5,11H,6H2,1-3H3. The second kappa shape index (κ2) is 3.05. The molecule has 0 fully saturated rings. The molecule has 0 heterocycles. The van der Waals surface area contributed by atoms with E-state index in [0.717, 1.165) is 5.56 Å². The first-order chi connectivity index (χ1) is 5.16. The summed E-state index contributed by atoms with van der Waals surface area (Å²) in [4.78, 5) is 0. The summed E-state index contributed by atoms with van der Waals surface area (Å²) in [6, 6.07) is 4.14. The lowest BCUT2D eigenvalue weighted by atomic mass is 9.99. The maximum Gasteiger partial charge on any atom is 0.0353 e. The van der Waals surface area contributed by atoms with E-state index in [1.165, 1.54) is 16.7 Å². The Bertz CT molecular complexity index is 264. The second-order valence-corrected chi connectivity index (χ2v) is 2.97. The van der Waals surface area contributed by atoms with Crippen LogP contribution in [0.2, 0.25) is 0 Å². The molecule has 0 spiro atoms. The SMILES string of the molecule is Cc1ccc(C[NH])c(C)c1C. The zero-order chi connectivity index (χ0) is 8.43. The maximum atomic E-state index is 7.25. The molecule has 1 aromatic carbocycles. The number of hydrogen-bond donors (Lipinski definition) is 0. The summed E-state index contributed by atoms with van der Waals surface area (Å²) in [5.41, 5.74) is 12.3. The number of benzene rings is 1. The molecule has 1 rings (SSSR count). The van der Waals surface area contributed by atoms with Gasteiger partial charge in [-0.2, -0.15) is 0 Å². The van der Waals surface area contributed by atoms with Crippen LogP contribution >= 0.6 is 0 Å². The molecule has 0 aliphatic rings. The Morgan fingerprint density at radius 2 is 1.73 bits per heavy atom. The van der Waals surface area contributed by atoms with Gasteiger partial charge in [-0.25, -0.2) is 0 Å². The van der Waals surface area contributed by atoms with Gasteiger partial charge in [-0.3, -0.25) is 5.73 Å². The van der Waals surface area contributed by atoms with Gasteiger partial charge in [0.15, 0.2) is 0 Å². The first-order valence-corrected chi connectivity index (χ1v) is 3.87. The fourth-order valence-electron chi connectivity index (χ4n) is 1.20. The van der Waals surface area contributed by atoms with Crippen molar-refractivity contribution >= 4 is 0 Å². The van der Waals surface area contributed by atoms with Crippen LogP contribution in [-0.4, -0.2) is 0 Å². The monoisotopic (exact) mass is 148 g/mol. The van der Waals surface area contributed by atoms with Gasteiger partial charge >= 0.3 is 0 Å². The number of aryl methyl sites for hydroxylation is 1. The fraction of sp³-hybridized carbons (Fsp3) is 0.400. The van der Waals surface area contributed by atoms with Crippen molar-refractivity contribution < 1.29 is 0 Å². The predicted octanol–water partition coefficient (Wildman–Crippen LogP) is 2.39. The molecule has 1 nitrogen and oxygen atoms in total. The van der Waals surface area contributed by atoms with Crippen molar-refractivity contribution in [3.05, 3.63) is 34.4 Å². The van der Waals surface area contributed by atoms with Crippen molar-refractivity contribution in [1.82, 2.24) is 5.73 Å². The number of hydrogen-bond acceptors (Lipinski definition) is 0. The highest BCUT2D eigenvalue weighted by molar-refractivity contribution is 5.38. The molecule has 0 saturated carbocycles. The second-order valence-electron chi connectivity index (χ2n) is 2.97. The lowest BCUT2D eigenvalue weighted by Crippen LogP contribution is -1.94. The van der Waals surface area contributed by atoms with Crippen LogP contribution in [0.25, 0.3) is 0 Å². The van der Waals surface area contributed by atoms with E-state index in [4.69, 9.17) is 5.73 Å². The quantitative estimate of drug-likeness (QED) is 0.584.